The van der Waals surface area contributed by atoms with Crippen molar-refractivity contribution in [2.45, 2.75) is 45.4 Å². The predicted molar refractivity (Wildman–Crippen MR) is 112 cm³/mol. The Bertz CT molecular complexity index is 811. The third-order valence-electron chi connectivity index (χ3n) is 4.48. The number of unbranched alkanes of at least 4 members (excludes halogenated alkanes) is 1. The summed E-state index contributed by atoms with van der Waals surface area (Å²) in [7, 11) is 0. The van der Waals surface area contributed by atoms with Gasteiger partial charge in [0.1, 0.15) is 19.3 Å². The number of rotatable bonds is 10. The molecule has 0 aliphatic carbocycles. The molecule has 1 atom stereocenters. The molecule has 2 aromatic rings. The number of carbonyl (C=O) groups excluding carboxylic acids is 3. The van der Waals surface area contributed by atoms with Crippen molar-refractivity contribution in [1.29, 1.82) is 0 Å². The third kappa shape index (κ3) is 7.33. The van der Waals surface area contributed by atoms with Gasteiger partial charge in [-0.2, -0.15) is 0 Å². The molecule has 7 heteroatoms. The summed E-state index contributed by atoms with van der Waals surface area (Å²) in [6, 6.07) is 17.2. The first-order valence-corrected chi connectivity index (χ1v) is 9.94. The minimum Gasteiger partial charge on any atom is -0.459 e. The maximum Gasteiger partial charge on any atom is 0.417 e. The number of esters is 1. The summed E-state index contributed by atoms with van der Waals surface area (Å²) >= 11 is 0. The van der Waals surface area contributed by atoms with Crippen LogP contribution in [0.1, 0.15) is 37.3 Å². The van der Waals surface area contributed by atoms with E-state index in [0.717, 1.165) is 16.0 Å². The van der Waals surface area contributed by atoms with Gasteiger partial charge < -0.3 is 15.2 Å². The number of benzene rings is 2. The monoisotopic (exact) mass is 412 g/mol. The first-order valence-electron chi connectivity index (χ1n) is 9.94. The number of nitrogens with two attached hydrogens (primary N) is 1. The fourth-order valence-electron chi connectivity index (χ4n) is 2.92. The highest BCUT2D eigenvalue weighted by atomic mass is 16.6. The van der Waals surface area contributed by atoms with Gasteiger partial charge in [-0.1, -0.05) is 60.7 Å². The highest BCUT2D eigenvalue weighted by Gasteiger charge is 2.35. The number of amides is 2. The van der Waals surface area contributed by atoms with E-state index in [4.69, 9.17) is 15.2 Å². The Morgan fingerprint density at radius 1 is 0.867 bits per heavy atom. The van der Waals surface area contributed by atoms with Crippen molar-refractivity contribution in [3.05, 3.63) is 71.8 Å². The van der Waals surface area contributed by atoms with E-state index in [1.165, 1.54) is 6.92 Å². The topological polar surface area (TPSA) is 98.9 Å². The van der Waals surface area contributed by atoms with Gasteiger partial charge in [0.05, 0.1) is 0 Å². The minimum atomic E-state index is -1.07. The van der Waals surface area contributed by atoms with Gasteiger partial charge in [0.15, 0.2) is 0 Å². The maximum absolute atomic E-state index is 12.8. The molecule has 2 amide bonds. The van der Waals surface area contributed by atoms with Gasteiger partial charge in [0.2, 0.25) is 5.91 Å². The number of imide groups is 1. The Balaban J connectivity index is 2.09. The average molecular weight is 412 g/mol. The Kier molecular flexibility index (Phi) is 9.54. The van der Waals surface area contributed by atoms with Crippen LogP contribution in [0.15, 0.2) is 60.7 Å². The molecule has 0 fully saturated rings. The summed E-state index contributed by atoms with van der Waals surface area (Å²) in [4.78, 5) is 38.5. The zero-order valence-corrected chi connectivity index (χ0v) is 17.2. The van der Waals surface area contributed by atoms with E-state index < -0.39 is 24.0 Å². The summed E-state index contributed by atoms with van der Waals surface area (Å²) in [6.45, 7) is 1.73. The first-order chi connectivity index (χ1) is 14.5. The largest absolute Gasteiger partial charge is 0.459 e. The zero-order chi connectivity index (χ0) is 21.8. The normalized spacial score (nSPS) is 11.4. The molecule has 0 aliphatic heterocycles. The van der Waals surface area contributed by atoms with Gasteiger partial charge in [-0.05, 0) is 36.9 Å². The van der Waals surface area contributed by atoms with Gasteiger partial charge in [-0.15, -0.1) is 0 Å². The van der Waals surface area contributed by atoms with Crippen molar-refractivity contribution in [3.8, 4) is 0 Å². The van der Waals surface area contributed by atoms with Gasteiger partial charge in [-0.25, -0.2) is 14.5 Å². The number of nitrogens with zero attached hydrogens (tertiary/aromatic N) is 1. The fraction of sp³-hybridized carbons (Fsp3) is 0.348. The number of carbonyl (C=O) groups is 3. The summed E-state index contributed by atoms with van der Waals surface area (Å²) in [5.41, 5.74) is 7.14. The molecule has 0 aliphatic rings. The van der Waals surface area contributed by atoms with Crippen molar-refractivity contribution in [2.75, 3.05) is 6.54 Å². The van der Waals surface area contributed by atoms with Crippen LogP contribution < -0.4 is 5.73 Å². The zero-order valence-electron chi connectivity index (χ0n) is 17.2. The van der Waals surface area contributed by atoms with Crippen LogP contribution in [0, 0.1) is 0 Å². The van der Waals surface area contributed by atoms with Gasteiger partial charge >= 0.3 is 12.1 Å². The van der Waals surface area contributed by atoms with E-state index in [1.807, 2.05) is 48.5 Å². The highest BCUT2D eigenvalue weighted by Crippen LogP contribution is 2.15. The molecule has 2 aromatic carbocycles. The lowest BCUT2D eigenvalue weighted by molar-refractivity contribution is -0.155. The van der Waals surface area contributed by atoms with Gasteiger partial charge in [-0.3, -0.25) is 4.79 Å². The lowest BCUT2D eigenvalue weighted by atomic mass is 10.1. The molecular formula is C23H28N2O5. The molecule has 0 heterocycles. The second-order valence-electron chi connectivity index (χ2n) is 6.82. The van der Waals surface area contributed by atoms with Crippen LogP contribution in [-0.2, 0) is 32.3 Å². The summed E-state index contributed by atoms with van der Waals surface area (Å²) in [5, 5.41) is 0. The van der Waals surface area contributed by atoms with E-state index in [9.17, 15) is 14.4 Å². The van der Waals surface area contributed by atoms with Crippen LogP contribution in [0.2, 0.25) is 0 Å². The van der Waals surface area contributed by atoms with Crippen molar-refractivity contribution in [3.63, 3.8) is 0 Å². The summed E-state index contributed by atoms with van der Waals surface area (Å²) in [5.74, 6) is -1.23. The first kappa shape index (κ1) is 23.1. The number of hydrogen-bond acceptors (Lipinski definition) is 6. The molecule has 0 saturated heterocycles. The summed E-state index contributed by atoms with van der Waals surface area (Å²) < 4.78 is 10.7. The molecule has 0 aromatic heterocycles. The van der Waals surface area contributed by atoms with Crippen molar-refractivity contribution < 1.29 is 23.9 Å². The highest BCUT2D eigenvalue weighted by molar-refractivity contribution is 5.95. The van der Waals surface area contributed by atoms with Gasteiger partial charge in [0.25, 0.3) is 0 Å². The lowest BCUT2D eigenvalue weighted by Crippen LogP contribution is -2.48. The van der Waals surface area contributed by atoms with E-state index in [1.54, 1.807) is 12.1 Å². The van der Waals surface area contributed by atoms with Crippen LogP contribution in [0.25, 0.3) is 0 Å². The number of ether oxygens (including phenoxy) is 2. The molecule has 0 radical (unpaired) electrons. The Hall–Kier alpha value is -3.19. The Morgan fingerprint density at radius 2 is 1.40 bits per heavy atom. The van der Waals surface area contributed by atoms with E-state index in [-0.39, 0.29) is 19.6 Å². The predicted octanol–water partition coefficient (Wildman–Crippen LogP) is 3.41. The molecular weight excluding hydrogens is 384 g/mol. The van der Waals surface area contributed by atoms with E-state index in [2.05, 4.69) is 0 Å². The lowest BCUT2D eigenvalue weighted by Gasteiger charge is -2.27. The summed E-state index contributed by atoms with van der Waals surface area (Å²) in [6.07, 6.45) is 0.607. The quantitative estimate of drug-likeness (QED) is 0.474. The minimum absolute atomic E-state index is 0.00195. The van der Waals surface area contributed by atoms with E-state index in [0.29, 0.717) is 19.4 Å². The van der Waals surface area contributed by atoms with Crippen LogP contribution in [-0.4, -0.2) is 35.5 Å². The van der Waals surface area contributed by atoms with Gasteiger partial charge in [0, 0.05) is 6.92 Å². The third-order valence-corrected chi connectivity index (χ3v) is 4.48. The van der Waals surface area contributed by atoms with E-state index >= 15 is 0 Å². The molecule has 7 nitrogen and oxygen atoms in total. The fourth-order valence-corrected chi connectivity index (χ4v) is 2.92. The van der Waals surface area contributed by atoms with Crippen LogP contribution in [0.3, 0.4) is 0 Å². The molecule has 160 valence electrons. The Labute approximate surface area is 176 Å². The molecule has 0 bridgehead atoms. The smallest absolute Gasteiger partial charge is 0.417 e. The SMILES string of the molecule is CC(=O)N(C(=O)OCc1ccccc1)C(CCCCN)C(=O)OCc1ccccc1. The maximum atomic E-state index is 12.8. The van der Waals surface area contributed by atoms with Crippen LogP contribution >= 0.6 is 0 Å². The molecule has 30 heavy (non-hydrogen) atoms. The average Bonchev–Trinajstić information content (AvgIpc) is 2.76. The van der Waals surface area contributed by atoms with Crippen LogP contribution in [0.4, 0.5) is 4.79 Å². The van der Waals surface area contributed by atoms with Crippen LogP contribution in [0.5, 0.6) is 0 Å². The van der Waals surface area contributed by atoms with Crippen molar-refractivity contribution in [2.24, 2.45) is 5.73 Å². The molecule has 2 rings (SSSR count). The standard InChI is InChI=1S/C23H28N2O5/c1-18(26)25(23(28)30-17-20-12-6-3-7-13-20)21(14-8-9-15-24)22(27)29-16-19-10-4-2-5-11-19/h2-7,10-13,21H,8-9,14-17,24H2,1H3. The Morgan fingerprint density at radius 3 is 1.90 bits per heavy atom. The second-order valence-corrected chi connectivity index (χ2v) is 6.82. The molecule has 2 N–H and O–H groups in total. The number of hydrogen-bond donors (Lipinski definition) is 1. The van der Waals surface area contributed by atoms with Crippen molar-refractivity contribution in [1.82, 2.24) is 4.90 Å². The molecule has 0 spiro atoms. The van der Waals surface area contributed by atoms with Crippen molar-refractivity contribution >= 4 is 18.0 Å². The molecule has 0 saturated carbocycles. The second kappa shape index (κ2) is 12.4. The molecule has 1 unspecified atom stereocenters.